The van der Waals surface area contributed by atoms with Crippen LogP contribution in [0.4, 0.5) is 5.69 Å². The van der Waals surface area contributed by atoms with E-state index in [1.54, 1.807) is 24.3 Å². The second kappa shape index (κ2) is 10.5. The first-order valence-electron chi connectivity index (χ1n) is 9.52. The quantitative estimate of drug-likeness (QED) is 0.306. The molecule has 1 aliphatic rings. The maximum absolute atomic E-state index is 12.7. The molecule has 0 bridgehead atoms. The zero-order valence-electron chi connectivity index (χ0n) is 16.7. The van der Waals surface area contributed by atoms with Gasteiger partial charge < -0.3 is 4.90 Å². The number of nitro groups is 1. The van der Waals surface area contributed by atoms with Crippen LogP contribution < -0.4 is 10.3 Å². The van der Waals surface area contributed by atoms with Gasteiger partial charge in [-0.2, -0.15) is 9.41 Å². The van der Waals surface area contributed by atoms with Gasteiger partial charge in [-0.15, -0.1) is 0 Å². The van der Waals surface area contributed by atoms with E-state index in [9.17, 15) is 23.3 Å². The summed E-state index contributed by atoms with van der Waals surface area (Å²) in [5.41, 5.74) is 2.54. The molecule has 32 heavy (non-hydrogen) atoms. The van der Waals surface area contributed by atoms with E-state index in [1.165, 1.54) is 28.7 Å². The maximum atomic E-state index is 12.7. The van der Waals surface area contributed by atoms with Gasteiger partial charge in [0.1, 0.15) is 0 Å². The van der Waals surface area contributed by atoms with Crippen molar-refractivity contribution < 1.29 is 23.0 Å². The number of amides is 1. The second-order valence-electron chi connectivity index (χ2n) is 7.04. The minimum atomic E-state index is -3.57. The van der Waals surface area contributed by atoms with Gasteiger partial charge >= 0.3 is 0 Å². The van der Waals surface area contributed by atoms with E-state index in [1.807, 2.05) is 0 Å². The Hall–Kier alpha value is -2.38. The Balaban J connectivity index is 1.50. The Morgan fingerprint density at radius 2 is 1.91 bits per heavy atom. The highest BCUT2D eigenvalue weighted by atomic mass is 79.9. The van der Waals surface area contributed by atoms with Crippen LogP contribution in [0.2, 0.25) is 5.02 Å². The highest BCUT2D eigenvalue weighted by Gasteiger charge is 2.31. The number of hydrazone groups is 1. The Kier molecular flexibility index (Phi) is 7.96. The Labute approximate surface area is 198 Å². The van der Waals surface area contributed by atoms with Gasteiger partial charge in [-0.1, -0.05) is 27.5 Å². The summed E-state index contributed by atoms with van der Waals surface area (Å²) in [5, 5.41) is 14.9. The van der Waals surface area contributed by atoms with Crippen molar-refractivity contribution in [3.8, 4) is 0 Å². The number of piperazine rings is 1. The standard InChI is InChI=1S/C19H19BrClN5O5S/c20-15-1-4-17(5-2-15)32(30,31)25-9-7-24(8-10-25)13-19(27)23-22-12-14-11-16(26(28)29)3-6-18(14)21/h1-6,11-12H,7-10,13H2,(H,23,27)/p+1/b22-12-. The van der Waals surface area contributed by atoms with Crippen LogP contribution in [-0.2, 0) is 14.8 Å². The molecule has 1 aliphatic heterocycles. The van der Waals surface area contributed by atoms with Crippen molar-refractivity contribution in [3.05, 3.63) is 67.6 Å². The molecule has 2 aromatic rings. The van der Waals surface area contributed by atoms with E-state index in [0.29, 0.717) is 31.7 Å². The van der Waals surface area contributed by atoms with Crippen LogP contribution in [0.1, 0.15) is 5.56 Å². The van der Waals surface area contributed by atoms with Gasteiger partial charge in [0.25, 0.3) is 11.6 Å². The van der Waals surface area contributed by atoms with E-state index in [4.69, 9.17) is 11.6 Å². The zero-order chi connectivity index (χ0) is 23.3. The fourth-order valence-corrected chi connectivity index (χ4v) is 5.03. The number of carbonyl (C=O) groups excluding carboxylic acids is 1. The summed E-state index contributed by atoms with van der Waals surface area (Å²) in [7, 11) is -3.57. The minimum absolute atomic E-state index is 0.117. The van der Waals surface area contributed by atoms with E-state index in [-0.39, 0.29) is 28.1 Å². The van der Waals surface area contributed by atoms with Crippen LogP contribution in [0.15, 0.2) is 56.9 Å². The number of nitro benzene ring substituents is 1. The molecular formula is C19H20BrClN5O5S+. The first-order chi connectivity index (χ1) is 15.2. The van der Waals surface area contributed by atoms with Crippen molar-refractivity contribution in [1.29, 1.82) is 0 Å². The molecule has 10 nitrogen and oxygen atoms in total. The summed E-state index contributed by atoms with van der Waals surface area (Å²) < 4.78 is 27.7. The normalized spacial score (nSPS) is 15.7. The number of rotatable bonds is 7. The molecule has 2 aromatic carbocycles. The van der Waals surface area contributed by atoms with Gasteiger partial charge in [0, 0.05) is 27.2 Å². The molecule has 0 unspecified atom stereocenters. The summed E-state index contributed by atoms with van der Waals surface area (Å²) in [4.78, 5) is 23.6. The first-order valence-corrected chi connectivity index (χ1v) is 12.1. The minimum Gasteiger partial charge on any atom is -0.325 e. The van der Waals surface area contributed by atoms with Crippen molar-refractivity contribution in [2.24, 2.45) is 5.10 Å². The third-order valence-corrected chi connectivity index (χ3v) is 7.66. The van der Waals surface area contributed by atoms with Crippen molar-refractivity contribution in [3.63, 3.8) is 0 Å². The number of hydrogen-bond acceptors (Lipinski definition) is 6. The molecule has 0 atom stereocenters. The fourth-order valence-electron chi connectivity index (χ4n) is 3.16. The third kappa shape index (κ3) is 6.11. The molecule has 0 aliphatic carbocycles. The predicted octanol–water partition coefficient (Wildman–Crippen LogP) is 1.05. The van der Waals surface area contributed by atoms with Crippen LogP contribution in [0.3, 0.4) is 0 Å². The van der Waals surface area contributed by atoms with Crippen LogP contribution in [0.5, 0.6) is 0 Å². The van der Waals surface area contributed by atoms with Gasteiger partial charge in [0.05, 0.1) is 42.2 Å². The Morgan fingerprint density at radius 3 is 2.53 bits per heavy atom. The first kappa shape index (κ1) is 24.3. The van der Waals surface area contributed by atoms with E-state index >= 15 is 0 Å². The molecule has 0 spiro atoms. The monoisotopic (exact) mass is 544 g/mol. The number of benzene rings is 2. The van der Waals surface area contributed by atoms with Gasteiger partial charge in [0.15, 0.2) is 6.54 Å². The highest BCUT2D eigenvalue weighted by molar-refractivity contribution is 9.10. The molecular weight excluding hydrogens is 526 g/mol. The van der Waals surface area contributed by atoms with Crippen molar-refractivity contribution in [2.75, 3.05) is 32.7 Å². The summed E-state index contributed by atoms with van der Waals surface area (Å²) in [6.45, 7) is 1.67. The number of quaternary nitrogens is 1. The van der Waals surface area contributed by atoms with Gasteiger partial charge in [0.2, 0.25) is 10.0 Å². The summed E-state index contributed by atoms with van der Waals surface area (Å²) in [6, 6.07) is 10.4. The second-order valence-corrected chi connectivity index (χ2v) is 10.3. The number of carbonyl (C=O) groups is 1. The largest absolute Gasteiger partial charge is 0.325 e. The SMILES string of the molecule is O=C(C[NH+]1CCN(S(=O)(=O)c2ccc(Br)cc2)CC1)N/N=C\c1cc([N+](=O)[O-])ccc1Cl. The van der Waals surface area contributed by atoms with E-state index < -0.39 is 14.9 Å². The molecule has 1 fully saturated rings. The number of sulfonamides is 1. The topological polar surface area (TPSA) is 126 Å². The molecule has 1 amide bonds. The maximum Gasteiger partial charge on any atom is 0.295 e. The van der Waals surface area contributed by atoms with Crippen molar-refractivity contribution >= 4 is 55.4 Å². The Bertz CT molecular complexity index is 1140. The van der Waals surface area contributed by atoms with Gasteiger partial charge in [-0.25, -0.2) is 13.8 Å². The molecule has 170 valence electrons. The molecule has 0 aromatic heterocycles. The fraction of sp³-hybridized carbons (Fsp3) is 0.263. The zero-order valence-corrected chi connectivity index (χ0v) is 19.9. The van der Waals surface area contributed by atoms with E-state index in [0.717, 1.165) is 9.37 Å². The average molecular weight is 546 g/mol. The lowest BCUT2D eigenvalue weighted by Crippen LogP contribution is -3.15. The van der Waals surface area contributed by atoms with Crippen LogP contribution in [-0.4, -0.2) is 62.5 Å². The lowest BCUT2D eigenvalue weighted by molar-refractivity contribution is -0.895. The van der Waals surface area contributed by atoms with Gasteiger partial charge in [-0.3, -0.25) is 14.9 Å². The van der Waals surface area contributed by atoms with Crippen LogP contribution >= 0.6 is 27.5 Å². The molecule has 3 rings (SSSR count). The van der Waals surface area contributed by atoms with E-state index in [2.05, 4.69) is 26.5 Å². The van der Waals surface area contributed by atoms with Gasteiger partial charge in [-0.05, 0) is 30.3 Å². The molecule has 2 N–H and O–H groups in total. The Morgan fingerprint density at radius 1 is 1.25 bits per heavy atom. The lowest BCUT2D eigenvalue weighted by atomic mass is 10.2. The summed E-state index contributed by atoms with van der Waals surface area (Å²) in [6.07, 6.45) is 1.24. The predicted molar refractivity (Wildman–Crippen MR) is 122 cm³/mol. The molecule has 1 saturated heterocycles. The molecule has 13 heteroatoms. The highest BCUT2D eigenvalue weighted by Crippen LogP contribution is 2.20. The molecule has 0 radical (unpaired) electrons. The number of non-ortho nitro benzene ring substituents is 1. The third-order valence-electron chi connectivity index (χ3n) is 4.87. The summed E-state index contributed by atoms with van der Waals surface area (Å²) in [5.74, 6) is -0.359. The smallest absolute Gasteiger partial charge is 0.295 e. The lowest BCUT2D eigenvalue weighted by Gasteiger charge is -2.31. The number of nitrogens with zero attached hydrogens (tertiary/aromatic N) is 3. The van der Waals surface area contributed by atoms with Crippen LogP contribution in [0, 0.1) is 10.1 Å². The van der Waals surface area contributed by atoms with Crippen LogP contribution in [0.25, 0.3) is 0 Å². The van der Waals surface area contributed by atoms with Crippen molar-refractivity contribution in [2.45, 2.75) is 4.90 Å². The number of nitrogens with one attached hydrogen (secondary N) is 2. The number of hydrogen-bond donors (Lipinski definition) is 2. The summed E-state index contributed by atoms with van der Waals surface area (Å²) >= 11 is 9.28. The van der Waals surface area contributed by atoms with Crippen molar-refractivity contribution in [1.82, 2.24) is 9.73 Å². The number of halogens is 2. The molecule has 1 heterocycles. The average Bonchev–Trinajstić information content (AvgIpc) is 2.75. The molecule has 0 saturated carbocycles.